The molecule has 3 rings (SSSR count). The lowest BCUT2D eigenvalue weighted by Crippen LogP contribution is -2.31. The average Bonchev–Trinajstić information content (AvgIpc) is 3.08. The summed E-state index contributed by atoms with van der Waals surface area (Å²) in [5.74, 6) is -0.222. The van der Waals surface area contributed by atoms with E-state index in [0.717, 1.165) is 22.5 Å². The van der Waals surface area contributed by atoms with Crippen molar-refractivity contribution in [2.45, 2.75) is 19.4 Å². The van der Waals surface area contributed by atoms with Crippen molar-refractivity contribution in [2.75, 3.05) is 30.0 Å². The number of hydrogen-bond acceptors (Lipinski definition) is 4. The van der Waals surface area contributed by atoms with Crippen LogP contribution in [0.5, 0.6) is 0 Å². The normalized spacial score (nSPS) is 14.0. The van der Waals surface area contributed by atoms with Gasteiger partial charge in [0, 0.05) is 37.4 Å². The van der Waals surface area contributed by atoms with E-state index in [1.165, 1.54) is 7.11 Å². The van der Waals surface area contributed by atoms with Crippen molar-refractivity contribution >= 4 is 23.4 Å². The van der Waals surface area contributed by atoms with E-state index in [-0.39, 0.29) is 12.0 Å². The van der Waals surface area contributed by atoms with Crippen molar-refractivity contribution in [2.24, 2.45) is 5.73 Å². The topological polar surface area (TPSA) is 75.9 Å². The first-order valence-corrected chi connectivity index (χ1v) is 8.66. The molecule has 0 saturated carbocycles. The van der Waals surface area contributed by atoms with Gasteiger partial charge in [-0.15, -0.1) is 0 Å². The molecule has 6 heteroatoms. The fourth-order valence-electron chi connectivity index (χ4n) is 3.02. The van der Waals surface area contributed by atoms with Crippen LogP contribution in [0.1, 0.15) is 17.5 Å². The Hall–Kier alpha value is -2.86. The number of carbonyl (C=O) groups is 2. The summed E-state index contributed by atoms with van der Waals surface area (Å²) in [6.07, 6.45) is 0.978. The number of rotatable bonds is 6. The van der Waals surface area contributed by atoms with E-state index < -0.39 is 0 Å². The fraction of sp³-hybridized carbons (Fsp3) is 0.300. The minimum Gasteiger partial charge on any atom is -0.469 e. The summed E-state index contributed by atoms with van der Waals surface area (Å²) in [6, 6.07) is 15.5. The van der Waals surface area contributed by atoms with Gasteiger partial charge in [0.2, 0.25) is 0 Å². The van der Waals surface area contributed by atoms with Crippen LogP contribution in [0.15, 0.2) is 48.5 Å². The molecule has 1 heterocycles. The van der Waals surface area contributed by atoms with E-state index in [0.29, 0.717) is 32.5 Å². The Bertz CT molecular complexity index is 772. The molecule has 0 unspecified atom stereocenters. The first kappa shape index (κ1) is 17.9. The van der Waals surface area contributed by atoms with E-state index in [1.54, 1.807) is 9.80 Å². The summed E-state index contributed by atoms with van der Waals surface area (Å²) < 4.78 is 4.66. The number of methoxy groups -OCH3 is 1. The molecule has 0 bridgehead atoms. The van der Waals surface area contributed by atoms with Gasteiger partial charge < -0.3 is 10.5 Å². The summed E-state index contributed by atoms with van der Waals surface area (Å²) in [7, 11) is 1.39. The van der Waals surface area contributed by atoms with Crippen LogP contribution < -0.4 is 15.5 Å². The van der Waals surface area contributed by atoms with Gasteiger partial charge in [-0.05, 0) is 41.8 Å². The lowest BCUT2D eigenvalue weighted by Gasteiger charge is -2.19. The Kier molecular flexibility index (Phi) is 5.53. The molecule has 6 nitrogen and oxygen atoms in total. The van der Waals surface area contributed by atoms with Crippen LogP contribution in [0.25, 0.3) is 0 Å². The van der Waals surface area contributed by atoms with E-state index in [9.17, 15) is 9.59 Å². The van der Waals surface area contributed by atoms with Gasteiger partial charge in [-0.3, -0.25) is 14.6 Å². The third kappa shape index (κ3) is 3.86. The summed E-state index contributed by atoms with van der Waals surface area (Å²) in [4.78, 5) is 27.5. The third-order valence-corrected chi connectivity index (χ3v) is 4.59. The molecule has 2 aromatic carbocycles. The van der Waals surface area contributed by atoms with Crippen LogP contribution in [-0.4, -0.2) is 32.2 Å². The minimum absolute atomic E-state index is 0.0344. The molecule has 0 spiro atoms. The van der Waals surface area contributed by atoms with Crippen molar-refractivity contribution < 1.29 is 14.3 Å². The average molecular weight is 353 g/mol. The van der Waals surface area contributed by atoms with E-state index >= 15 is 0 Å². The zero-order valence-corrected chi connectivity index (χ0v) is 14.9. The molecular formula is C20H23N3O3. The predicted molar refractivity (Wildman–Crippen MR) is 101 cm³/mol. The Labute approximate surface area is 153 Å². The second-order valence-corrected chi connectivity index (χ2v) is 6.20. The predicted octanol–water partition coefficient (Wildman–Crippen LogP) is 2.70. The van der Waals surface area contributed by atoms with Gasteiger partial charge in [0.25, 0.3) is 0 Å². The van der Waals surface area contributed by atoms with Crippen LogP contribution in [0.4, 0.5) is 16.2 Å². The number of urea groups is 1. The van der Waals surface area contributed by atoms with Gasteiger partial charge >= 0.3 is 12.0 Å². The maximum Gasteiger partial charge on any atom is 0.329 e. The quantitative estimate of drug-likeness (QED) is 0.810. The molecule has 0 radical (unpaired) electrons. The number of amides is 2. The SMILES string of the molecule is COC(=O)CCc1ccc(N2CCN(c3ccc(CN)cc3)C2=O)cc1. The molecule has 0 aromatic heterocycles. The highest BCUT2D eigenvalue weighted by Crippen LogP contribution is 2.26. The number of nitrogens with zero attached hydrogens (tertiary/aromatic N) is 2. The number of ether oxygens (including phenoxy) is 1. The number of aryl methyl sites for hydroxylation is 1. The molecule has 2 aromatic rings. The van der Waals surface area contributed by atoms with Gasteiger partial charge in [-0.2, -0.15) is 0 Å². The van der Waals surface area contributed by atoms with Gasteiger partial charge in [-0.1, -0.05) is 24.3 Å². The highest BCUT2D eigenvalue weighted by atomic mass is 16.5. The van der Waals surface area contributed by atoms with Gasteiger partial charge in [0.05, 0.1) is 7.11 Å². The summed E-state index contributed by atoms with van der Waals surface area (Å²) in [5, 5.41) is 0. The third-order valence-electron chi connectivity index (χ3n) is 4.59. The van der Waals surface area contributed by atoms with E-state index in [2.05, 4.69) is 4.74 Å². The van der Waals surface area contributed by atoms with Crippen molar-refractivity contribution in [3.63, 3.8) is 0 Å². The van der Waals surface area contributed by atoms with Crippen molar-refractivity contribution in [3.05, 3.63) is 59.7 Å². The molecule has 1 aliphatic rings. The highest BCUT2D eigenvalue weighted by molar-refractivity contribution is 6.06. The van der Waals surface area contributed by atoms with Crippen molar-refractivity contribution in [3.8, 4) is 0 Å². The number of nitrogens with two attached hydrogens (primary N) is 1. The monoisotopic (exact) mass is 353 g/mol. The zero-order chi connectivity index (χ0) is 18.5. The second-order valence-electron chi connectivity index (χ2n) is 6.20. The Morgan fingerprint density at radius 3 is 1.92 bits per heavy atom. The lowest BCUT2D eigenvalue weighted by atomic mass is 10.1. The molecule has 1 fully saturated rings. The van der Waals surface area contributed by atoms with Gasteiger partial charge in [-0.25, -0.2) is 4.79 Å². The standard InChI is InChI=1S/C20H23N3O3/c1-26-19(24)11-6-15-2-7-17(8-3-15)22-12-13-23(20(22)25)18-9-4-16(14-21)5-10-18/h2-5,7-10H,6,11-14,21H2,1H3. The number of benzene rings is 2. The number of carbonyl (C=O) groups excluding carboxylic acids is 2. The smallest absolute Gasteiger partial charge is 0.329 e. The van der Waals surface area contributed by atoms with Gasteiger partial charge in [0.15, 0.2) is 0 Å². The Morgan fingerprint density at radius 2 is 1.46 bits per heavy atom. The molecule has 2 N–H and O–H groups in total. The molecular weight excluding hydrogens is 330 g/mol. The largest absolute Gasteiger partial charge is 0.469 e. The maximum absolute atomic E-state index is 12.8. The Morgan fingerprint density at radius 1 is 0.962 bits per heavy atom. The van der Waals surface area contributed by atoms with Crippen molar-refractivity contribution in [1.82, 2.24) is 0 Å². The van der Waals surface area contributed by atoms with Crippen LogP contribution in [-0.2, 0) is 22.5 Å². The first-order valence-electron chi connectivity index (χ1n) is 8.66. The molecule has 26 heavy (non-hydrogen) atoms. The number of hydrogen-bond donors (Lipinski definition) is 1. The maximum atomic E-state index is 12.8. The number of esters is 1. The molecule has 0 aliphatic carbocycles. The molecule has 2 amide bonds. The lowest BCUT2D eigenvalue weighted by molar-refractivity contribution is -0.140. The summed E-state index contributed by atoms with van der Waals surface area (Å²) in [6.45, 7) is 1.77. The summed E-state index contributed by atoms with van der Waals surface area (Å²) in [5.41, 5.74) is 9.44. The summed E-state index contributed by atoms with van der Waals surface area (Å²) >= 11 is 0. The van der Waals surface area contributed by atoms with Crippen LogP contribution in [0.2, 0.25) is 0 Å². The zero-order valence-electron chi connectivity index (χ0n) is 14.9. The minimum atomic E-state index is -0.222. The van der Waals surface area contributed by atoms with Crippen LogP contribution in [0.3, 0.4) is 0 Å². The Balaban J connectivity index is 1.66. The molecule has 136 valence electrons. The second kappa shape index (κ2) is 8.01. The number of anilines is 2. The molecule has 1 saturated heterocycles. The van der Waals surface area contributed by atoms with Gasteiger partial charge in [0.1, 0.15) is 0 Å². The molecule has 1 aliphatic heterocycles. The highest BCUT2D eigenvalue weighted by Gasteiger charge is 2.30. The van der Waals surface area contributed by atoms with E-state index in [4.69, 9.17) is 5.73 Å². The molecule has 0 atom stereocenters. The van der Waals surface area contributed by atoms with E-state index in [1.807, 2.05) is 48.5 Å². The van der Waals surface area contributed by atoms with Crippen LogP contribution in [0, 0.1) is 0 Å². The van der Waals surface area contributed by atoms with Crippen molar-refractivity contribution in [1.29, 1.82) is 0 Å². The van der Waals surface area contributed by atoms with Crippen LogP contribution >= 0.6 is 0 Å². The first-order chi connectivity index (χ1) is 12.6. The fourth-order valence-corrected chi connectivity index (χ4v) is 3.02.